The molecule has 0 saturated carbocycles. The van der Waals surface area contributed by atoms with Crippen molar-refractivity contribution < 1.29 is 27.5 Å². The molecule has 0 aliphatic heterocycles. The van der Waals surface area contributed by atoms with E-state index in [1.54, 1.807) is 6.07 Å². The topological polar surface area (TPSA) is 49.3 Å². The molecule has 0 aliphatic rings. The van der Waals surface area contributed by atoms with Crippen molar-refractivity contribution in [3.63, 3.8) is 0 Å². The molecule has 1 atom stereocenters. The maximum absolute atomic E-state index is 13.6. The summed E-state index contributed by atoms with van der Waals surface area (Å²) >= 11 is 0. The highest BCUT2D eigenvalue weighted by Gasteiger charge is 2.25. The van der Waals surface area contributed by atoms with Gasteiger partial charge in [-0.3, -0.25) is 0 Å². The third kappa shape index (κ3) is 2.96. The van der Waals surface area contributed by atoms with Gasteiger partial charge in [-0.25, -0.2) is 22.4 Å². The van der Waals surface area contributed by atoms with Crippen LogP contribution in [0.25, 0.3) is 0 Å². The Morgan fingerprint density at radius 3 is 2.19 bits per heavy atom. The predicted molar refractivity (Wildman–Crippen MR) is 66.7 cm³/mol. The Labute approximate surface area is 116 Å². The first-order valence-corrected chi connectivity index (χ1v) is 5.79. The number of carboxylic acid groups (broad SMARTS) is 1. The van der Waals surface area contributed by atoms with Crippen LogP contribution in [0.15, 0.2) is 36.4 Å². The molecule has 0 aliphatic carbocycles. The quantitative estimate of drug-likeness (QED) is 0.516. The molecule has 7 heteroatoms. The van der Waals surface area contributed by atoms with Gasteiger partial charge in [0.1, 0.15) is 5.69 Å². The third-order valence-electron chi connectivity index (χ3n) is 2.78. The van der Waals surface area contributed by atoms with Crippen LogP contribution in [0.3, 0.4) is 0 Å². The van der Waals surface area contributed by atoms with E-state index in [1.807, 2.05) is 5.32 Å². The van der Waals surface area contributed by atoms with Crippen molar-refractivity contribution in [1.29, 1.82) is 0 Å². The van der Waals surface area contributed by atoms with Crippen LogP contribution in [0.5, 0.6) is 0 Å². The number of carboxylic acids is 1. The Balaban J connectivity index is 2.44. The molecule has 0 aromatic heterocycles. The molecule has 0 fully saturated rings. The van der Waals surface area contributed by atoms with Gasteiger partial charge in [0.2, 0.25) is 0 Å². The van der Waals surface area contributed by atoms with E-state index in [0.29, 0.717) is 0 Å². The highest BCUT2D eigenvalue weighted by molar-refractivity contribution is 5.79. The van der Waals surface area contributed by atoms with Crippen molar-refractivity contribution >= 4 is 11.7 Å². The molecule has 2 rings (SSSR count). The monoisotopic (exact) mass is 299 g/mol. The van der Waals surface area contributed by atoms with E-state index in [2.05, 4.69) is 0 Å². The number of rotatable bonds is 4. The second kappa shape index (κ2) is 5.82. The van der Waals surface area contributed by atoms with Crippen molar-refractivity contribution in [1.82, 2.24) is 0 Å². The number of anilines is 1. The van der Waals surface area contributed by atoms with Gasteiger partial charge < -0.3 is 10.4 Å². The maximum Gasteiger partial charge on any atom is 0.330 e. The van der Waals surface area contributed by atoms with Gasteiger partial charge in [-0.05, 0) is 5.56 Å². The highest BCUT2D eigenvalue weighted by atomic mass is 19.2. The lowest BCUT2D eigenvalue weighted by atomic mass is 10.1. The Bertz CT molecular complexity index is 676. The lowest BCUT2D eigenvalue weighted by molar-refractivity contribution is -0.138. The third-order valence-corrected chi connectivity index (χ3v) is 2.78. The molecule has 0 heterocycles. The van der Waals surface area contributed by atoms with E-state index in [9.17, 15) is 22.4 Å². The zero-order valence-electron chi connectivity index (χ0n) is 10.4. The number of benzene rings is 2. The van der Waals surface area contributed by atoms with E-state index >= 15 is 0 Å². The van der Waals surface area contributed by atoms with Crippen LogP contribution >= 0.6 is 0 Å². The highest BCUT2D eigenvalue weighted by Crippen LogP contribution is 2.28. The van der Waals surface area contributed by atoms with E-state index in [-0.39, 0.29) is 11.6 Å². The summed E-state index contributed by atoms with van der Waals surface area (Å²) in [6.07, 6.45) is 0. The molecule has 21 heavy (non-hydrogen) atoms. The van der Waals surface area contributed by atoms with Crippen LogP contribution in [-0.4, -0.2) is 11.1 Å². The molecule has 2 N–H and O–H groups in total. The summed E-state index contributed by atoms with van der Waals surface area (Å²) in [6.45, 7) is 0. The molecule has 2 aromatic carbocycles. The summed E-state index contributed by atoms with van der Waals surface area (Å²) in [5.74, 6) is -8.23. The van der Waals surface area contributed by atoms with Gasteiger partial charge in [0, 0.05) is 6.07 Å². The van der Waals surface area contributed by atoms with Crippen molar-refractivity contribution in [2.45, 2.75) is 6.04 Å². The van der Waals surface area contributed by atoms with E-state index < -0.39 is 41.0 Å². The van der Waals surface area contributed by atoms with Crippen LogP contribution in [-0.2, 0) is 4.79 Å². The Morgan fingerprint density at radius 2 is 1.62 bits per heavy atom. The molecular formula is C14H9F4NO2. The molecule has 0 spiro atoms. The summed E-state index contributed by atoms with van der Waals surface area (Å²) in [5.41, 5.74) is -0.835. The summed E-state index contributed by atoms with van der Waals surface area (Å²) in [4.78, 5) is 11.2. The van der Waals surface area contributed by atoms with Gasteiger partial charge in [-0.1, -0.05) is 30.3 Å². The zero-order valence-corrected chi connectivity index (χ0v) is 10.4. The van der Waals surface area contributed by atoms with Gasteiger partial charge in [-0.2, -0.15) is 0 Å². The van der Waals surface area contributed by atoms with E-state index in [4.69, 9.17) is 5.11 Å². The number of hydrogen-bond donors (Lipinski definition) is 2. The normalized spacial score (nSPS) is 12.0. The predicted octanol–water partition coefficient (Wildman–Crippen LogP) is 3.48. The minimum Gasteiger partial charge on any atom is -0.479 e. The van der Waals surface area contributed by atoms with Gasteiger partial charge in [0.05, 0.1) is 0 Å². The van der Waals surface area contributed by atoms with Crippen LogP contribution in [0, 0.1) is 23.3 Å². The lowest BCUT2D eigenvalue weighted by Crippen LogP contribution is -2.22. The van der Waals surface area contributed by atoms with Crippen molar-refractivity contribution in [2.24, 2.45) is 0 Å². The average Bonchev–Trinajstić information content (AvgIpc) is 2.45. The van der Waals surface area contributed by atoms with Crippen LogP contribution in [0.1, 0.15) is 11.6 Å². The zero-order chi connectivity index (χ0) is 15.6. The summed E-state index contributed by atoms with van der Waals surface area (Å²) in [6, 6.07) is 6.16. The average molecular weight is 299 g/mol. The van der Waals surface area contributed by atoms with Crippen molar-refractivity contribution in [2.75, 3.05) is 5.32 Å². The molecule has 0 amide bonds. The summed E-state index contributed by atoms with van der Waals surface area (Å²) in [5, 5.41) is 11.2. The van der Waals surface area contributed by atoms with Gasteiger partial charge >= 0.3 is 5.97 Å². The van der Waals surface area contributed by atoms with E-state index in [0.717, 1.165) is 0 Å². The number of nitrogens with one attached hydrogen (secondary N) is 1. The fraction of sp³-hybridized carbons (Fsp3) is 0.0714. The van der Waals surface area contributed by atoms with Crippen molar-refractivity contribution in [3.8, 4) is 0 Å². The SMILES string of the molecule is O=C(O)C(Nc1c(F)cc(F)c(F)c1F)c1ccccc1. The second-order valence-electron chi connectivity index (χ2n) is 4.17. The number of aliphatic carboxylic acids is 1. The Hall–Kier alpha value is -2.57. The largest absolute Gasteiger partial charge is 0.479 e. The molecular weight excluding hydrogens is 290 g/mol. The minimum atomic E-state index is -1.88. The summed E-state index contributed by atoms with van der Waals surface area (Å²) < 4.78 is 53.0. The fourth-order valence-corrected chi connectivity index (χ4v) is 1.78. The number of carbonyl (C=O) groups is 1. The number of halogens is 4. The Kier molecular flexibility index (Phi) is 4.11. The smallest absolute Gasteiger partial charge is 0.330 e. The first kappa shape index (κ1) is 14.8. The van der Waals surface area contributed by atoms with Gasteiger partial charge in [-0.15, -0.1) is 0 Å². The van der Waals surface area contributed by atoms with Crippen molar-refractivity contribution in [3.05, 3.63) is 65.2 Å². The molecule has 1 unspecified atom stereocenters. The molecule has 0 saturated heterocycles. The first-order chi connectivity index (χ1) is 9.91. The molecule has 110 valence electrons. The summed E-state index contributed by atoms with van der Waals surface area (Å²) in [7, 11) is 0. The van der Waals surface area contributed by atoms with E-state index in [1.165, 1.54) is 24.3 Å². The fourth-order valence-electron chi connectivity index (χ4n) is 1.78. The van der Waals surface area contributed by atoms with Gasteiger partial charge in [0.15, 0.2) is 29.3 Å². The van der Waals surface area contributed by atoms with Crippen LogP contribution in [0.4, 0.5) is 23.2 Å². The Morgan fingerprint density at radius 1 is 1.00 bits per heavy atom. The van der Waals surface area contributed by atoms with Gasteiger partial charge in [0.25, 0.3) is 0 Å². The second-order valence-corrected chi connectivity index (χ2v) is 4.17. The molecule has 0 bridgehead atoms. The maximum atomic E-state index is 13.6. The lowest BCUT2D eigenvalue weighted by Gasteiger charge is -2.17. The van der Waals surface area contributed by atoms with Crippen LogP contribution < -0.4 is 5.32 Å². The standard InChI is InChI=1S/C14H9F4NO2/c15-8-6-9(16)13(11(18)10(8)17)19-12(14(20)21)7-4-2-1-3-5-7/h1-6,12,19H,(H,20,21). The molecule has 0 radical (unpaired) electrons. The van der Waals surface area contributed by atoms with Crippen LogP contribution in [0.2, 0.25) is 0 Å². The minimum absolute atomic E-state index is 0.144. The number of hydrogen-bond acceptors (Lipinski definition) is 2. The molecule has 2 aromatic rings. The first-order valence-electron chi connectivity index (χ1n) is 5.79. The molecule has 3 nitrogen and oxygen atoms in total.